The first-order valence-corrected chi connectivity index (χ1v) is 9.07. The normalized spacial score (nSPS) is 27.7. The van der Waals surface area contributed by atoms with Gasteiger partial charge in [0.05, 0.1) is 6.20 Å². The minimum atomic E-state index is 0.0301. The number of aromatic amines is 1. The summed E-state index contributed by atoms with van der Waals surface area (Å²) in [5, 5.41) is 10.6. The molecule has 6 nitrogen and oxygen atoms in total. The van der Waals surface area contributed by atoms with Gasteiger partial charge in [0.15, 0.2) is 0 Å². The third-order valence-electron chi connectivity index (χ3n) is 5.73. The van der Waals surface area contributed by atoms with Crippen molar-refractivity contribution in [1.29, 1.82) is 0 Å². The van der Waals surface area contributed by atoms with E-state index in [9.17, 15) is 4.79 Å². The molecule has 0 spiro atoms. The molecule has 3 heterocycles. The molecule has 6 heteroatoms. The molecule has 1 aromatic heterocycles. The number of hydrogen-bond acceptors (Lipinski definition) is 4. The first kappa shape index (κ1) is 15.1. The summed E-state index contributed by atoms with van der Waals surface area (Å²) in [6.07, 6.45) is 8.62. The summed E-state index contributed by atoms with van der Waals surface area (Å²) in [6, 6.07) is 0.0301. The SMILES string of the molecule is O=C1NCCN2CCN(Cc3cn[nH]c3C3CCCCC3)C[C@H]12. The molecular weight excluding hydrogens is 290 g/mol. The maximum Gasteiger partial charge on any atom is 0.238 e. The van der Waals surface area contributed by atoms with E-state index in [0.717, 1.165) is 39.3 Å². The van der Waals surface area contributed by atoms with Crippen molar-refractivity contribution in [3.8, 4) is 0 Å². The van der Waals surface area contributed by atoms with E-state index >= 15 is 0 Å². The Morgan fingerprint density at radius 2 is 2.04 bits per heavy atom. The number of aromatic nitrogens is 2. The zero-order valence-corrected chi connectivity index (χ0v) is 13.8. The van der Waals surface area contributed by atoms with Gasteiger partial charge in [0.25, 0.3) is 0 Å². The lowest BCUT2D eigenvalue weighted by atomic mass is 9.85. The molecular formula is C17H27N5O. The summed E-state index contributed by atoms with van der Waals surface area (Å²) in [5.74, 6) is 0.848. The first-order chi connectivity index (χ1) is 11.3. The van der Waals surface area contributed by atoms with Gasteiger partial charge in [-0.2, -0.15) is 5.10 Å². The van der Waals surface area contributed by atoms with E-state index in [4.69, 9.17) is 0 Å². The summed E-state index contributed by atoms with van der Waals surface area (Å²) in [5.41, 5.74) is 2.68. The fourth-order valence-corrected chi connectivity index (χ4v) is 4.41. The van der Waals surface area contributed by atoms with Crippen molar-refractivity contribution < 1.29 is 4.79 Å². The van der Waals surface area contributed by atoms with Crippen LogP contribution in [0.4, 0.5) is 0 Å². The van der Waals surface area contributed by atoms with Gasteiger partial charge in [0, 0.05) is 56.4 Å². The molecule has 1 atom stereocenters. The first-order valence-electron chi connectivity index (χ1n) is 9.07. The summed E-state index contributed by atoms with van der Waals surface area (Å²) in [7, 11) is 0. The Balaban J connectivity index is 1.42. The second kappa shape index (κ2) is 6.61. The zero-order valence-electron chi connectivity index (χ0n) is 13.8. The van der Waals surface area contributed by atoms with E-state index < -0.39 is 0 Å². The van der Waals surface area contributed by atoms with E-state index in [2.05, 4.69) is 25.3 Å². The van der Waals surface area contributed by atoms with E-state index in [0.29, 0.717) is 5.92 Å². The van der Waals surface area contributed by atoms with Gasteiger partial charge >= 0.3 is 0 Å². The van der Waals surface area contributed by atoms with Crippen molar-refractivity contribution in [2.75, 3.05) is 32.7 Å². The summed E-state index contributed by atoms with van der Waals surface area (Å²) < 4.78 is 0. The molecule has 2 N–H and O–H groups in total. The van der Waals surface area contributed by atoms with Crippen LogP contribution in [0.15, 0.2) is 6.20 Å². The fourth-order valence-electron chi connectivity index (χ4n) is 4.41. The van der Waals surface area contributed by atoms with Gasteiger partial charge in [-0.15, -0.1) is 0 Å². The summed E-state index contributed by atoms with van der Waals surface area (Å²) in [6.45, 7) is 5.57. The molecule has 2 aliphatic heterocycles. The molecule has 1 saturated carbocycles. The van der Waals surface area contributed by atoms with Crippen LogP contribution in [0, 0.1) is 0 Å². The quantitative estimate of drug-likeness (QED) is 0.875. The van der Waals surface area contributed by atoms with Gasteiger partial charge in [-0.3, -0.25) is 19.7 Å². The van der Waals surface area contributed by atoms with Crippen LogP contribution in [0.3, 0.4) is 0 Å². The van der Waals surface area contributed by atoms with Gasteiger partial charge in [0.2, 0.25) is 5.91 Å². The van der Waals surface area contributed by atoms with Gasteiger partial charge in [-0.1, -0.05) is 19.3 Å². The van der Waals surface area contributed by atoms with Crippen LogP contribution in [0.5, 0.6) is 0 Å². The molecule has 0 radical (unpaired) electrons. The standard InChI is InChI=1S/C17H27N5O/c23-17-15-12-21(8-9-22(15)7-6-18-17)11-14-10-19-20-16(14)13-4-2-1-3-5-13/h10,13,15H,1-9,11-12H2,(H,18,23)(H,19,20)/t15-/m1/s1. The highest BCUT2D eigenvalue weighted by Crippen LogP contribution is 2.33. The van der Waals surface area contributed by atoms with Crippen LogP contribution < -0.4 is 5.32 Å². The number of nitrogens with one attached hydrogen (secondary N) is 2. The highest BCUT2D eigenvalue weighted by molar-refractivity contribution is 5.82. The minimum Gasteiger partial charge on any atom is -0.353 e. The van der Waals surface area contributed by atoms with Crippen LogP contribution in [0.25, 0.3) is 0 Å². The van der Waals surface area contributed by atoms with Crippen LogP contribution in [0.2, 0.25) is 0 Å². The maximum atomic E-state index is 12.1. The van der Waals surface area contributed by atoms with Gasteiger partial charge in [-0.25, -0.2) is 0 Å². The average Bonchev–Trinajstić information content (AvgIpc) is 3.05. The smallest absolute Gasteiger partial charge is 0.238 e. The van der Waals surface area contributed by atoms with E-state index in [1.165, 1.54) is 43.4 Å². The van der Waals surface area contributed by atoms with Crippen molar-refractivity contribution in [1.82, 2.24) is 25.3 Å². The van der Waals surface area contributed by atoms with Crippen molar-refractivity contribution in [3.63, 3.8) is 0 Å². The largest absolute Gasteiger partial charge is 0.353 e. The van der Waals surface area contributed by atoms with E-state index in [1.54, 1.807) is 0 Å². The third kappa shape index (κ3) is 3.15. The molecule has 0 aromatic carbocycles. The Labute approximate surface area is 137 Å². The number of nitrogens with zero attached hydrogens (tertiary/aromatic N) is 3. The lowest BCUT2D eigenvalue weighted by molar-refractivity contribution is -0.131. The van der Waals surface area contributed by atoms with Crippen molar-refractivity contribution >= 4 is 5.91 Å². The predicted molar refractivity (Wildman–Crippen MR) is 88.1 cm³/mol. The second-order valence-corrected chi connectivity index (χ2v) is 7.22. The molecule has 4 rings (SSSR count). The zero-order chi connectivity index (χ0) is 15.6. The lowest BCUT2D eigenvalue weighted by Crippen LogP contribution is -2.63. The van der Waals surface area contributed by atoms with Crippen molar-refractivity contribution in [2.45, 2.75) is 50.6 Å². The Morgan fingerprint density at radius 3 is 2.91 bits per heavy atom. The maximum absolute atomic E-state index is 12.1. The Bertz CT molecular complexity index is 551. The molecule has 2 saturated heterocycles. The van der Waals surface area contributed by atoms with Crippen LogP contribution in [-0.2, 0) is 11.3 Å². The molecule has 0 unspecified atom stereocenters. The van der Waals surface area contributed by atoms with E-state index in [1.807, 2.05) is 6.20 Å². The highest BCUT2D eigenvalue weighted by Gasteiger charge is 2.35. The van der Waals surface area contributed by atoms with Crippen LogP contribution >= 0.6 is 0 Å². The molecule has 3 aliphatic rings. The number of hydrogen-bond donors (Lipinski definition) is 2. The fraction of sp³-hybridized carbons (Fsp3) is 0.765. The van der Waals surface area contributed by atoms with Crippen molar-refractivity contribution in [2.24, 2.45) is 0 Å². The van der Waals surface area contributed by atoms with Crippen LogP contribution in [0.1, 0.15) is 49.3 Å². The second-order valence-electron chi connectivity index (χ2n) is 7.22. The van der Waals surface area contributed by atoms with Gasteiger partial charge in [0.1, 0.15) is 6.04 Å². The number of carbonyl (C=O) groups is 1. The van der Waals surface area contributed by atoms with Crippen LogP contribution in [-0.4, -0.2) is 64.7 Å². The Hall–Kier alpha value is -1.40. The number of carbonyl (C=O) groups excluding carboxylic acids is 1. The molecule has 1 amide bonds. The highest BCUT2D eigenvalue weighted by atomic mass is 16.2. The van der Waals surface area contributed by atoms with Gasteiger partial charge in [-0.05, 0) is 12.8 Å². The number of piperazine rings is 2. The topological polar surface area (TPSA) is 64.3 Å². The average molecular weight is 317 g/mol. The number of H-pyrrole nitrogens is 1. The molecule has 23 heavy (non-hydrogen) atoms. The minimum absolute atomic E-state index is 0.0301. The third-order valence-corrected chi connectivity index (χ3v) is 5.73. The molecule has 1 aromatic rings. The molecule has 0 bridgehead atoms. The number of fused-ring (bicyclic) bond motifs is 1. The van der Waals surface area contributed by atoms with E-state index in [-0.39, 0.29) is 11.9 Å². The lowest BCUT2D eigenvalue weighted by Gasteiger charge is -2.43. The van der Waals surface area contributed by atoms with Gasteiger partial charge < -0.3 is 5.32 Å². The Kier molecular flexibility index (Phi) is 4.35. The summed E-state index contributed by atoms with van der Waals surface area (Å²) >= 11 is 0. The number of amides is 1. The van der Waals surface area contributed by atoms with Crippen molar-refractivity contribution in [3.05, 3.63) is 17.5 Å². The predicted octanol–water partition coefficient (Wildman–Crippen LogP) is 1.07. The molecule has 3 fully saturated rings. The molecule has 126 valence electrons. The number of rotatable bonds is 3. The molecule has 1 aliphatic carbocycles. The Morgan fingerprint density at radius 1 is 1.17 bits per heavy atom. The summed E-state index contributed by atoms with van der Waals surface area (Å²) in [4.78, 5) is 16.8. The monoisotopic (exact) mass is 317 g/mol.